The number of fused-ring (bicyclic) bond motifs is 7. The Morgan fingerprint density at radius 3 is 2.11 bits per heavy atom. The lowest BCUT2D eigenvalue weighted by atomic mass is 9.88. The molecule has 5 aromatic carbocycles. The predicted octanol–water partition coefficient (Wildman–Crippen LogP) is 13.8. The summed E-state index contributed by atoms with van der Waals surface area (Å²) in [5.41, 5.74) is 12.1. The number of anilines is 2. The average molecular weight is 756 g/mol. The minimum absolute atomic E-state index is 0.341. The highest BCUT2D eigenvalue weighted by Gasteiger charge is 2.28. The van der Waals surface area contributed by atoms with Crippen LogP contribution in [0.2, 0.25) is 0 Å². The van der Waals surface area contributed by atoms with E-state index < -0.39 is 0 Å². The van der Waals surface area contributed by atoms with Gasteiger partial charge >= 0.3 is 0 Å². The Labute approximate surface area is 335 Å². The van der Waals surface area contributed by atoms with Crippen LogP contribution >= 0.6 is 0 Å². The van der Waals surface area contributed by atoms with Crippen molar-refractivity contribution in [2.75, 3.05) is 17.0 Å². The van der Waals surface area contributed by atoms with Crippen molar-refractivity contribution >= 4 is 55.1 Å². The van der Waals surface area contributed by atoms with Crippen molar-refractivity contribution in [3.05, 3.63) is 133 Å². The molecular weight excluding hydrogens is 703 g/mol. The smallest absolute Gasteiger partial charge is 0.159 e. The zero-order chi connectivity index (χ0) is 39.2. The van der Waals surface area contributed by atoms with E-state index in [9.17, 15) is 0 Å². The number of hydrogen-bond donors (Lipinski definition) is 1. The minimum atomic E-state index is 0.341. The van der Waals surface area contributed by atoms with Crippen LogP contribution in [0.15, 0.2) is 120 Å². The fourth-order valence-electron chi connectivity index (χ4n) is 9.01. The van der Waals surface area contributed by atoms with Crippen LogP contribution in [-0.4, -0.2) is 20.8 Å². The predicted molar refractivity (Wildman–Crippen MR) is 238 cm³/mol. The molecule has 1 saturated carbocycles. The lowest BCUT2D eigenvalue weighted by Gasteiger charge is -2.22. The van der Waals surface area contributed by atoms with Crippen molar-refractivity contribution in [1.29, 1.82) is 0 Å². The van der Waals surface area contributed by atoms with Crippen molar-refractivity contribution in [3.63, 3.8) is 0 Å². The summed E-state index contributed by atoms with van der Waals surface area (Å²) < 4.78 is 11.7. The standard InChI is InChI=1S/C47H47N5O2.C3H6/c1-29(2)32-23-37(36-17-12-20-42-44(36)49-27-52(42)53-28-51-40-18-10-8-15-34(40)35-16-9-11-19-41(35)51)45-38(24-32)39-25-33(30(3)4)26-43(46(39)54-45)50-22-21-48-47(50)31-13-6-5-7-14-31;1-3-2/h8-12,15-26,29-31,49H,5-7,13-14,27-28H2,1-4H3;3H,1H2,2H3. The molecule has 7 heteroatoms. The number of nitrogens with zero attached hydrogens (tertiary/aromatic N) is 4. The van der Waals surface area contributed by atoms with Gasteiger partial charge in [-0.1, -0.05) is 102 Å². The fraction of sp³-hybridized carbons (Fsp3) is 0.300. The normalized spacial score (nSPS) is 14.5. The summed E-state index contributed by atoms with van der Waals surface area (Å²) in [4.78, 5) is 11.6. The fourth-order valence-corrected chi connectivity index (χ4v) is 9.01. The van der Waals surface area contributed by atoms with Crippen LogP contribution in [0.5, 0.6) is 0 Å². The van der Waals surface area contributed by atoms with E-state index in [1.54, 1.807) is 6.08 Å². The second kappa shape index (κ2) is 15.3. The van der Waals surface area contributed by atoms with Crippen molar-refractivity contribution in [2.45, 2.75) is 91.2 Å². The first kappa shape index (κ1) is 36.8. The number of rotatable bonds is 8. The zero-order valence-electron chi connectivity index (χ0n) is 33.9. The molecule has 3 aromatic heterocycles. The third-order valence-electron chi connectivity index (χ3n) is 12.0. The summed E-state index contributed by atoms with van der Waals surface area (Å²) in [6.45, 7) is 15.3. The average Bonchev–Trinajstić information content (AvgIpc) is 4.03. The van der Waals surface area contributed by atoms with Crippen LogP contribution in [0, 0.1) is 0 Å². The Kier molecular flexibility index (Phi) is 9.87. The second-order valence-electron chi connectivity index (χ2n) is 16.3. The Morgan fingerprint density at radius 2 is 1.42 bits per heavy atom. The van der Waals surface area contributed by atoms with Gasteiger partial charge in [-0.05, 0) is 85.2 Å². The molecule has 1 fully saturated rings. The molecule has 2 aliphatic rings. The van der Waals surface area contributed by atoms with Crippen LogP contribution in [0.3, 0.4) is 0 Å². The second-order valence-corrected chi connectivity index (χ2v) is 16.3. The largest absolute Gasteiger partial charge is 0.453 e. The molecule has 0 atom stereocenters. The summed E-state index contributed by atoms with van der Waals surface area (Å²) in [6, 6.07) is 33.0. The van der Waals surface area contributed by atoms with E-state index in [1.165, 1.54) is 65.0 Å². The number of para-hydroxylation sites is 3. The highest BCUT2D eigenvalue weighted by Crippen LogP contribution is 2.47. The van der Waals surface area contributed by atoms with Gasteiger partial charge < -0.3 is 14.3 Å². The van der Waals surface area contributed by atoms with Crippen LogP contribution < -0.4 is 10.4 Å². The molecule has 10 rings (SSSR count). The van der Waals surface area contributed by atoms with Crippen molar-refractivity contribution in [1.82, 2.24) is 14.1 Å². The Morgan fingerprint density at radius 1 is 0.772 bits per heavy atom. The van der Waals surface area contributed by atoms with E-state index in [-0.39, 0.29) is 0 Å². The first-order valence-electron chi connectivity index (χ1n) is 20.7. The van der Waals surface area contributed by atoms with Crippen molar-refractivity contribution in [2.24, 2.45) is 0 Å². The molecule has 1 aliphatic heterocycles. The monoisotopic (exact) mass is 755 g/mol. The number of aromatic nitrogens is 3. The molecule has 0 unspecified atom stereocenters. The van der Waals surface area contributed by atoms with Crippen LogP contribution in [0.25, 0.3) is 60.6 Å². The van der Waals surface area contributed by atoms with E-state index in [2.05, 4.69) is 146 Å². The van der Waals surface area contributed by atoms with E-state index in [1.807, 2.05) is 18.2 Å². The van der Waals surface area contributed by atoms with Crippen LogP contribution in [0.4, 0.5) is 11.4 Å². The summed E-state index contributed by atoms with van der Waals surface area (Å²) in [7, 11) is 0. The van der Waals surface area contributed by atoms with Gasteiger partial charge in [0.2, 0.25) is 0 Å². The van der Waals surface area contributed by atoms with Gasteiger partial charge in [0, 0.05) is 51.0 Å². The van der Waals surface area contributed by atoms with Gasteiger partial charge in [-0.25, -0.2) is 14.9 Å². The summed E-state index contributed by atoms with van der Waals surface area (Å²) in [6.07, 6.45) is 12.1. The Hall–Kier alpha value is -5.79. The Bertz CT molecular complexity index is 2690. The molecule has 1 N–H and O–H groups in total. The summed E-state index contributed by atoms with van der Waals surface area (Å²) in [5, 5.41) is 10.5. The first-order valence-corrected chi connectivity index (χ1v) is 20.7. The van der Waals surface area contributed by atoms with Crippen LogP contribution in [0.1, 0.15) is 101 Å². The number of allylic oxidation sites excluding steroid dienone is 1. The molecule has 0 amide bonds. The van der Waals surface area contributed by atoms with Gasteiger partial charge in [0.25, 0.3) is 0 Å². The molecule has 1 aliphatic carbocycles. The van der Waals surface area contributed by atoms with Gasteiger partial charge in [-0.2, -0.15) is 0 Å². The molecule has 0 radical (unpaired) electrons. The lowest BCUT2D eigenvalue weighted by Crippen LogP contribution is -2.24. The number of nitrogens with one attached hydrogen (secondary N) is 1. The zero-order valence-corrected chi connectivity index (χ0v) is 33.9. The Balaban J connectivity index is 0.00000137. The lowest BCUT2D eigenvalue weighted by molar-refractivity contribution is 0.0654. The maximum atomic E-state index is 7.15. The molecular formula is C50H53N5O2. The van der Waals surface area contributed by atoms with E-state index in [0.717, 1.165) is 56.0 Å². The molecule has 0 saturated heterocycles. The van der Waals surface area contributed by atoms with Crippen molar-refractivity contribution < 1.29 is 9.25 Å². The van der Waals surface area contributed by atoms with Gasteiger partial charge in [0.15, 0.2) is 12.3 Å². The highest BCUT2D eigenvalue weighted by atomic mass is 16.7. The van der Waals surface area contributed by atoms with Gasteiger partial charge in [-0.3, -0.25) is 4.57 Å². The summed E-state index contributed by atoms with van der Waals surface area (Å²) in [5.74, 6) is 2.33. The number of hydroxylamine groups is 1. The highest BCUT2D eigenvalue weighted by molar-refractivity contribution is 6.13. The van der Waals surface area contributed by atoms with Gasteiger partial charge in [-0.15, -0.1) is 6.58 Å². The number of furan rings is 1. The van der Waals surface area contributed by atoms with Gasteiger partial charge in [0.1, 0.15) is 18.1 Å². The third kappa shape index (κ3) is 6.48. The maximum absolute atomic E-state index is 7.15. The number of benzene rings is 5. The van der Waals surface area contributed by atoms with E-state index in [0.29, 0.717) is 31.2 Å². The molecule has 7 nitrogen and oxygen atoms in total. The maximum Gasteiger partial charge on any atom is 0.159 e. The first-order chi connectivity index (χ1) is 27.9. The molecule has 8 aromatic rings. The summed E-state index contributed by atoms with van der Waals surface area (Å²) >= 11 is 0. The topological polar surface area (TPSA) is 60.4 Å². The van der Waals surface area contributed by atoms with Gasteiger partial charge in [0.05, 0.1) is 28.1 Å². The molecule has 4 heterocycles. The SMILES string of the molecule is C=CC.CC(C)c1cc(-c2cccc3c2NCN3OCn2c3ccccc3c3ccccc32)c2oc3c(-n4ccnc4C4CCCCC4)cc(C(C)C)cc3c2c1. The van der Waals surface area contributed by atoms with Crippen molar-refractivity contribution in [3.8, 4) is 16.8 Å². The van der Waals surface area contributed by atoms with E-state index in [4.69, 9.17) is 14.2 Å². The quantitative estimate of drug-likeness (QED) is 0.157. The molecule has 57 heavy (non-hydrogen) atoms. The minimum Gasteiger partial charge on any atom is -0.453 e. The number of hydrogen-bond acceptors (Lipinski definition) is 5. The van der Waals surface area contributed by atoms with Crippen LogP contribution in [-0.2, 0) is 11.6 Å². The molecule has 290 valence electrons. The number of imidazole rings is 1. The molecule has 0 bridgehead atoms. The third-order valence-corrected chi connectivity index (χ3v) is 12.0. The molecule has 0 spiro atoms. The van der Waals surface area contributed by atoms with E-state index >= 15 is 0 Å².